The Morgan fingerprint density at radius 3 is 0.917 bits per heavy atom. The fraction of sp³-hybridized carbons (Fsp3) is 0. The summed E-state index contributed by atoms with van der Waals surface area (Å²) in [6.07, 6.45) is 0. The molecule has 174 valence electrons. The van der Waals surface area contributed by atoms with Crippen molar-refractivity contribution in [2.45, 2.75) is 0 Å². The quantitative estimate of drug-likeness (QED) is 0.240. The van der Waals surface area contributed by atoms with Gasteiger partial charge in [0.1, 0.15) is 17.2 Å². The summed E-state index contributed by atoms with van der Waals surface area (Å²) >= 11 is 0. The van der Waals surface area contributed by atoms with Gasteiger partial charge in [0.05, 0.1) is 33.9 Å². The van der Waals surface area contributed by atoms with Crippen LogP contribution in [0.1, 0.15) is 0 Å². The Balaban J connectivity index is 0.00000216. The van der Waals surface area contributed by atoms with Gasteiger partial charge < -0.3 is 29.5 Å². The van der Waals surface area contributed by atoms with E-state index in [-0.39, 0.29) is 51.4 Å². The fourth-order valence-electron chi connectivity index (χ4n) is 3.11. The standard InChI is InChI=1S/C24H18N3O6.3Rf/c1-31-13-4-7-16(19(28)10-13)22-25-23(17-8-5-14(32-2)11-20(17)29)27-24(26-22)18-9-6-15(33-3)12-21(18)30;;;/h4-12,28-30H,1-3H2;;;/q-3;;;. The number of nitrogens with zero attached hydrogens (tertiary/aromatic N) is 3. The molecule has 0 aliphatic rings. The summed E-state index contributed by atoms with van der Waals surface area (Å²) in [7, 11) is 9.95. The minimum Gasteiger partial charge on any atom is -0.665 e. The normalized spacial score (nSPS) is 9.75. The van der Waals surface area contributed by atoms with Gasteiger partial charge in [0.15, 0.2) is 17.5 Å². The van der Waals surface area contributed by atoms with E-state index in [0.29, 0.717) is 17.2 Å². The van der Waals surface area contributed by atoms with Gasteiger partial charge in [-0.1, -0.05) is 0 Å². The third kappa shape index (κ3) is 4.54. The molecule has 0 aliphatic carbocycles. The first-order chi connectivity index (χ1) is 15.9. The molecule has 12 heteroatoms. The maximum absolute atomic E-state index is 10.5. The number of ether oxygens (including phenoxy) is 3. The number of rotatable bonds is 6. The summed E-state index contributed by atoms with van der Waals surface area (Å²) < 4.78 is 14.7. The molecule has 0 spiro atoms. The Labute approximate surface area is 189 Å². The predicted octanol–water partition coefficient (Wildman–Crippen LogP) is 4.50. The van der Waals surface area contributed by atoms with Gasteiger partial charge in [0.2, 0.25) is 0 Å². The maximum Gasteiger partial charge on any atom is 0.167 e. The van der Waals surface area contributed by atoms with Crippen LogP contribution < -0.4 is 14.2 Å². The number of phenolic OH excluding ortho intramolecular Hbond substituents is 3. The van der Waals surface area contributed by atoms with Crippen LogP contribution in [-0.4, -0.2) is 30.3 Å². The van der Waals surface area contributed by atoms with Crippen LogP contribution in [0.2, 0.25) is 0 Å². The Morgan fingerprint density at radius 2 is 0.722 bits per heavy atom. The van der Waals surface area contributed by atoms with E-state index in [4.69, 9.17) is 14.2 Å². The average Bonchev–Trinajstić information content (AvgIpc) is 2.83. The molecule has 0 saturated heterocycles. The third-order valence-corrected chi connectivity index (χ3v) is 4.77. The van der Waals surface area contributed by atoms with Gasteiger partial charge in [0.25, 0.3) is 0 Å². The minimum atomic E-state index is -0.158. The molecule has 1 heterocycles. The SMILES string of the molecule is [CH2-]Oc1ccc(-c2nc(-c3ccc(O[CH2-])cc3O)nc(-c3ccc(O[CH2-])cc3O)n2)c(O)c1.[Rf].[Rf].[Rf]. The molecule has 0 bridgehead atoms. The van der Waals surface area contributed by atoms with E-state index in [1.807, 2.05) is 0 Å². The molecular formula is C24H18N3O6Rf3-3. The van der Waals surface area contributed by atoms with Gasteiger partial charge in [0, 0.05) is 18.2 Å². The second kappa shape index (κ2) is 10.2. The van der Waals surface area contributed by atoms with Crippen molar-refractivity contribution in [1.29, 1.82) is 0 Å². The molecule has 3 N–H and O–H groups in total. The smallest absolute Gasteiger partial charge is 0.167 e. The Hall–Kier alpha value is -7.53. The topological polar surface area (TPSA) is 127 Å². The van der Waals surface area contributed by atoms with E-state index in [0.717, 1.165) is 0 Å². The van der Waals surface area contributed by atoms with Crippen LogP contribution >= 0.6 is 0 Å². The van der Waals surface area contributed by atoms with Crippen LogP contribution in [-0.2, 0) is 0 Å². The molecule has 4 rings (SSSR count). The summed E-state index contributed by atoms with van der Waals surface area (Å²) in [6.45, 7) is 0. The molecule has 1 aromatic heterocycles. The van der Waals surface area contributed by atoms with Crippen molar-refractivity contribution in [3.8, 4) is 68.7 Å². The molecule has 0 radical (unpaired) electrons. The van der Waals surface area contributed by atoms with Crippen LogP contribution in [0.5, 0.6) is 34.5 Å². The zero-order valence-electron chi connectivity index (χ0n) is 19.3. The Bertz CT molecular complexity index is 1170. The fourth-order valence-corrected chi connectivity index (χ4v) is 3.11. The van der Waals surface area contributed by atoms with Crippen LogP contribution in [0.15, 0.2) is 54.6 Å². The van der Waals surface area contributed by atoms with E-state index >= 15 is 0 Å². The van der Waals surface area contributed by atoms with Crippen molar-refractivity contribution in [1.82, 2.24) is 15.0 Å². The molecule has 36 heavy (non-hydrogen) atoms. The summed E-state index contributed by atoms with van der Waals surface area (Å²) in [6, 6.07) is 13.5. The predicted molar refractivity (Wildman–Crippen MR) is 119 cm³/mol. The van der Waals surface area contributed by atoms with E-state index in [1.54, 1.807) is 36.4 Å². The molecule has 0 fully saturated rings. The number of benzene rings is 3. The van der Waals surface area contributed by atoms with E-state index < -0.39 is 0 Å². The van der Waals surface area contributed by atoms with Gasteiger partial charge in [-0.05, 0) is 36.4 Å². The van der Waals surface area contributed by atoms with Gasteiger partial charge >= 0.3 is 0 Å². The van der Waals surface area contributed by atoms with Gasteiger partial charge in [-0.25, -0.2) is 15.0 Å². The first kappa shape index (κ1) is 26.5. The van der Waals surface area contributed by atoms with Gasteiger partial charge in [-0.3, -0.25) is 0 Å². The molecule has 4 aromatic rings. The molecule has 0 saturated carbocycles. The first-order valence-electron chi connectivity index (χ1n) is 9.45. The largest absolute Gasteiger partial charge is 0.665 e. The van der Waals surface area contributed by atoms with Crippen LogP contribution in [0.25, 0.3) is 34.2 Å². The monoisotopic (exact) mass is 1250 g/mol. The maximum atomic E-state index is 10.5. The number of phenols is 3. The first-order valence-corrected chi connectivity index (χ1v) is 9.45. The van der Waals surface area contributed by atoms with E-state index in [1.165, 1.54) is 18.2 Å². The van der Waals surface area contributed by atoms with Crippen molar-refractivity contribution in [2.24, 2.45) is 0 Å². The third-order valence-electron chi connectivity index (χ3n) is 4.77. The minimum absolute atomic E-state index is 0. The summed E-state index contributed by atoms with van der Waals surface area (Å²) in [4.78, 5) is 13.3. The molecule has 0 amide bonds. The van der Waals surface area contributed by atoms with Gasteiger partial charge in [-0.15, -0.1) is 0 Å². The van der Waals surface area contributed by atoms with E-state index in [9.17, 15) is 15.3 Å². The molecule has 0 aliphatic heterocycles. The van der Waals surface area contributed by atoms with E-state index in [2.05, 4.69) is 36.3 Å². The number of hydrogen-bond acceptors (Lipinski definition) is 9. The zero-order chi connectivity index (χ0) is 23.5. The summed E-state index contributed by atoms with van der Waals surface area (Å²) in [5.41, 5.74) is 0.820. The molecule has 0 unspecified atom stereocenters. The molecular weight excluding hydrogens is 1230 g/mol. The van der Waals surface area contributed by atoms with Gasteiger partial charge in [-0.2, -0.15) is 21.3 Å². The number of hydrogen-bond donors (Lipinski definition) is 3. The second-order valence-electron chi connectivity index (χ2n) is 6.78. The number of aromatic hydroxyl groups is 3. The second-order valence-corrected chi connectivity index (χ2v) is 6.78. The van der Waals surface area contributed by atoms with Crippen molar-refractivity contribution >= 4 is 0 Å². The van der Waals surface area contributed by atoms with Crippen LogP contribution in [0.3, 0.4) is 0 Å². The average molecular weight is 1250 g/mol. The summed E-state index contributed by atoms with van der Waals surface area (Å²) in [5, 5.41) is 31.5. The van der Waals surface area contributed by atoms with Crippen LogP contribution in [0.4, 0.5) is 0 Å². The zero-order valence-corrected chi connectivity index (χ0v) is 38.5. The van der Waals surface area contributed by atoms with Crippen molar-refractivity contribution in [3.63, 3.8) is 0 Å². The Kier molecular flexibility index (Phi) is 7.50. The number of aromatic nitrogens is 3. The molecule has 3 aromatic carbocycles. The Morgan fingerprint density at radius 1 is 0.472 bits per heavy atom. The molecule has 9 nitrogen and oxygen atoms in total. The molecule has 0 atom stereocenters. The van der Waals surface area contributed by atoms with Crippen molar-refractivity contribution in [3.05, 3.63) is 75.9 Å². The van der Waals surface area contributed by atoms with Crippen LogP contribution in [0, 0.1) is 21.3 Å². The summed E-state index contributed by atoms with van der Waals surface area (Å²) in [5.74, 6) is 0.833. The van der Waals surface area contributed by atoms with Crippen molar-refractivity contribution in [2.75, 3.05) is 0 Å². The van der Waals surface area contributed by atoms with Crippen molar-refractivity contribution < 1.29 is 29.5 Å².